The number of hydrogen-bond acceptors (Lipinski definition) is 5. The van der Waals surface area contributed by atoms with Crippen molar-refractivity contribution in [2.24, 2.45) is 0 Å². The summed E-state index contributed by atoms with van der Waals surface area (Å²) in [6.45, 7) is 1.92. The van der Waals surface area contributed by atoms with Crippen LogP contribution in [0.15, 0.2) is 30.5 Å². The lowest BCUT2D eigenvalue weighted by Crippen LogP contribution is -2.02. The topological polar surface area (TPSA) is 81.5 Å². The SMILES string of the molecule is COc1cc(C)ccc1Oc1nccc(C(=O)O)n1. The Morgan fingerprint density at radius 3 is 2.74 bits per heavy atom. The zero-order valence-electron chi connectivity index (χ0n) is 10.5. The van der Waals surface area contributed by atoms with Gasteiger partial charge in [0, 0.05) is 6.20 Å². The molecular weight excluding hydrogens is 248 g/mol. The van der Waals surface area contributed by atoms with Crippen molar-refractivity contribution in [2.75, 3.05) is 7.11 Å². The lowest BCUT2D eigenvalue weighted by Gasteiger charge is -2.09. The van der Waals surface area contributed by atoms with E-state index in [-0.39, 0.29) is 11.7 Å². The summed E-state index contributed by atoms with van der Waals surface area (Å²) in [5.41, 5.74) is 0.889. The molecule has 19 heavy (non-hydrogen) atoms. The van der Waals surface area contributed by atoms with Gasteiger partial charge in [-0.1, -0.05) is 6.07 Å². The Morgan fingerprint density at radius 1 is 1.26 bits per heavy atom. The Morgan fingerprint density at radius 2 is 2.05 bits per heavy atom. The maximum Gasteiger partial charge on any atom is 0.354 e. The van der Waals surface area contributed by atoms with Crippen LogP contribution in [0, 0.1) is 6.92 Å². The van der Waals surface area contributed by atoms with Crippen molar-refractivity contribution >= 4 is 5.97 Å². The molecule has 0 fully saturated rings. The maximum atomic E-state index is 10.8. The number of aryl methyl sites for hydroxylation is 1. The molecule has 1 heterocycles. The third kappa shape index (κ3) is 2.98. The summed E-state index contributed by atoms with van der Waals surface area (Å²) in [6.07, 6.45) is 1.33. The van der Waals surface area contributed by atoms with Crippen LogP contribution in [0.25, 0.3) is 0 Å². The molecule has 98 valence electrons. The van der Waals surface area contributed by atoms with Crippen LogP contribution < -0.4 is 9.47 Å². The third-order valence-electron chi connectivity index (χ3n) is 2.37. The van der Waals surface area contributed by atoms with Crippen molar-refractivity contribution in [3.05, 3.63) is 41.7 Å². The number of aromatic carboxylic acids is 1. The lowest BCUT2D eigenvalue weighted by molar-refractivity contribution is 0.0689. The van der Waals surface area contributed by atoms with Crippen molar-refractivity contribution in [2.45, 2.75) is 6.92 Å². The number of carboxylic acids is 1. The minimum Gasteiger partial charge on any atom is -0.493 e. The van der Waals surface area contributed by atoms with Gasteiger partial charge >= 0.3 is 12.0 Å². The Kier molecular flexibility index (Phi) is 3.61. The molecule has 0 saturated carbocycles. The summed E-state index contributed by atoms with van der Waals surface area (Å²) in [5.74, 6) is -0.178. The summed E-state index contributed by atoms with van der Waals surface area (Å²) in [7, 11) is 1.52. The largest absolute Gasteiger partial charge is 0.493 e. The van der Waals surface area contributed by atoms with Crippen LogP contribution in [0.3, 0.4) is 0 Å². The van der Waals surface area contributed by atoms with Gasteiger partial charge in [-0.2, -0.15) is 4.98 Å². The van der Waals surface area contributed by atoms with E-state index >= 15 is 0 Å². The minimum absolute atomic E-state index is 0.0398. The summed E-state index contributed by atoms with van der Waals surface area (Å²) >= 11 is 0. The van der Waals surface area contributed by atoms with Crippen LogP contribution in [0.5, 0.6) is 17.5 Å². The number of carbonyl (C=O) groups is 1. The number of rotatable bonds is 4. The molecule has 0 radical (unpaired) electrons. The van der Waals surface area contributed by atoms with Gasteiger partial charge in [-0.25, -0.2) is 9.78 Å². The van der Waals surface area contributed by atoms with E-state index in [1.807, 2.05) is 13.0 Å². The molecule has 1 aromatic heterocycles. The Labute approximate surface area is 109 Å². The van der Waals surface area contributed by atoms with Crippen LogP contribution in [0.4, 0.5) is 0 Å². The summed E-state index contributed by atoms with van der Waals surface area (Å²) in [4.78, 5) is 18.4. The van der Waals surface area contributed by atoms with Gasteiger partial charge in [0.15, 0.2) is 17.2 Å². The van der Waals surface area contributed by atoms with E-state index < -0.39 is 5.97 Å². The molecule has 6 heteroatoms. The van der Waals surface area contributed by atoms with Gasteiger partial charge in [0.2, 0.25) is 0 Å². The Hall–Kier alpha value is -2.63. The van der Waals surface area contributed by atoms with Crippen LogP contribution in [-0.2, 0) is 0 Å². The van der Waals surface area contributed by atoms with Crippen LogP contribution in [0.2, 0.25) is 0 Å². The first kappa shape index (κ1) is 12.8. The number of nitrogens with zero attached hydrogens (tertiary/aromatic N) is 2. The molecule has 0 bridgehead atoms. The normalized spacial score (nSPS) is 10.0. The Balaban J connectivity index is 2.30. The number of aromatic nitrogens is 2. The van der Waals surface area contributed by atoms with Gasteiger partial charge in [0.25, 0.3) is 0 Å². The quantitative estimate of drug-likeness (QED) is 0.908. The van der Waals surface area contributed by atoms with E-state index in [1.165, 1.54) is 19.4 Å². The Bertz CT molecular complexity index is 613. The molecule has 0 saturated heterocycles. The first-order valence-electron chi connectivity index (χ1n) is 5.49. The molecule has 0 aliphatic heterocycles. The number of ether oxygens (including phenoxy) is 2. The smallest absolute Gasteiger partial charge is 0.354 e. The third-order valence-corrected chi connectivity index (χ3v) is 2.37. The van der Waals surface area contributed by atoms with Crippen molar-refractivity contribution < 1.29 is 19.4 Å². The molecule has 2 rings (SSSR count). The zero-order chi connectivity index (χ0) is 13.8. The highest BCUT2D eigenvalue weighted by Crippen LogP contribution is 2.30. The maximum absolute atomic E-state index is 10.8. The van der Waals surface area contributed by atoms with Crippen molar-refractivity contribution in [1.29, 1.82) is 0 Å². The van der Waals surface area contributed by atoms with Gasteiger partial charge in [-0.05, 0) is 30.7 Å². The number of carboxylic acid groups (broad SMARTS) is 1. The van der Waals surface area contributed by atoms with E-state index in [1.54, 1.807) is 12.1 Å². The van der Waals surface area contributed by atoms with Gasteiger partial charge in [0.1, 0.15) is 0 Å². The highest BCUT2D eigenvalue weighted by Gasteiger charge is 2.10. The lowest BCUT2D eigenvalue weighted by atomic mass is 10.2. The fraction of sp³-hybridized carbons (Fsp3) is 0.154. The second-order valence-electron chi connectivity index (χ2n) is 3.79. The standard InChI is InChI=1S/C13H12N2O4/c1-8-3-4-10(11(7-8)18-2)19-13-14-6-5-9(15-13)12(16)17/h3-7H,1-2H3,(H,16,17). The molecule has 0 aliphatic rings. The first-order chi connectivity index (χ1) is 9.10. The summed E-state index contributed by atoms with van der Waals surface area (Å²) in [5, 5.41) is 8.84. The zero-order valence-corrected chi connectivity index (χ0v) is 10.5. The van der Waals surface area contributed by atoms with Crippen molar-refractivity contribution in [3.63, 3.8) is 0 Å². The second kappa shape index (κ2) is 5.34. The van der Waals surface area contributed by atoms with Crippen molar-refractivity contribution in [1.82, 2.24) is 9.97 Å². The second-order valence-corrected chi connectivity index (χ2v) is 3.79. The average Bonchev–Trinajstić information content (AvgIpc) is 2.41. The summed E-state index contributed by atoms with van der Waals surface area (Å²) < 4.78 is 10.6. The molecule has 2 aromatic rings. The highest BCUT2D eigenvalue weighted by atomic mass is 16.5. The van der Waals surface area contributed by atoms with Crippen LogP contribution >= 0.6 is 0 Å². The van der Waals surface area contributed by atoms with Gasteiger partial charge in [-0.15, -0.1) is 0 Å². The number of hydrogen-bond donors (Lipinski definition) is 1. The molecule has 0 atom stereocenters. The average molecular weight is 260 g/mol. The van der Waals surface area contributed by atoms with Gasteiger partial charge in [-0.3, -0.25) is 0 Å². The van der Waals surface area contributed by atoms with Gasteiger partial charge in [0.05, 0.1) is 7.11 Å². The van der Waals surface area contributed by atoms with E-state index in [2.05, 4.69) is 9.97 Å². The molecule has 1 N–H and O–H groups in total. The molecule has 0 amide bonds. The molecule has 0 unspecified atom stereocenters. The first-order valence-corrected chi connectivity index (χ1v) is 5.49. The van der Waals surface area contributed by atoms with Crippen molar-refractivity contribution in [3.8, 4) is 17.5 Å². The minimum atomic E-state index is -1.14. The molecule has 0 aliphatic carbocycles. The number of benzene rings is 1. The fourth-order valence-corrected chi connectivity index (χ4v) is 1.47. The van der Waals surface area contributed by atoms with E-state index in [0.29, 0.717) is 11.5 Å². The highest BCUT2D eigenvalue weighted by molar-refractivity contribution is 5.85. The molecule has 6 nitrogen and oxygen atoms in total. The molecule has 1 aromatic carbocycles. The fourth-order valence-electron chi connectivity index (χ4n) is 1.47. The molecule has 0 spiro atoms. The summed E-state index contributed by atoms with van der Waals surface area (Å²) in [6, 6.07) is 6.61. The van der Waals surface area contributed by atoms with Crippen LogP contribution in [-0.4, -0.2) is 28.2 Å². The monoisotopic (exact) mass is 260 g/mol. The van der Waals surface area contributed by atoms with E-state index in [9.17, 15) is 4.79 Å². The van der Waals surface area contributed by atoms with Gasteiger partial charge < -0.3 is 14.6 Å². The van der Waals surface area contributed by atoms with E-state index in [4.69, 9.17) is 14.6 Å². The predicted molar refractivity (Wildman–Crippen MR) is 66.8 cm³/mol. The van der Waals surface area contributed by atoms with E-state index in [0.717, 1.165) is 5.56 Å². The number of methoxy groups -OCH3 is 1. The van der Waals surface area contributed by atoms with Crippen LogP contribution in [0.1, 0.15) is 16.1 Å². The molecular formula is C13H12N2O4. The predicted octanol–water partition coefficient (Wildman–Crippen LogP) is 2.28.